The van der Waals surface area contributed by atoms with Crippen LogP contribution in [0.4, 0.5) is 4.39 Å². The zero-order valence-electron chi connectivity index (χ0n) is 5.75. The molecule has 0 aliphatic heterocycles. The zero-order chi connectivity index (χ0) is 8.27. The highest BCUT2D eigenvalue weighted by Gasteiger charge is 2.04. The van der Waals surface area contributed by atoms with Gasteiger partial charge >= 0.3 is 0 Å². The van der Waals surface area contributed by atoms with E-state index in [1.807, 2.05) is 0 Å². The van der Waals surface area contributed by atoms with Crippen molar-refractivity contribution < 1.29 is 14.3 Å². The average Bonchev–Trinajstić information content (AvgIpc) is 1.99. The van der Waals surface area contributed by atoms with Gasteiger partial charge in [-0.25, -0.2) is 4.39 Å². The number of phenolic OH excluding ortho intramolecular Hbond substituents is 1. The monoisotopic (exact) mass is 154 g/mol. The number of hydrogen-bond acceptors (Lipinski definition) is 2. The highest BCUT2D eigenvalue weighted by atomic mass is 19.1. The molecule has 0 amide bonds. The molecule has 0 saturated carbocycles. The molecular formula is C8H7FO2. The summed E-state index contributed by atoms with van der Waals surface area (Å²) < 4.78 is 12.5. The molecule has 0 heterocycles. The SMILES string of the molecule is O=CCc1cccc(F)c1O. The Hall–Kier alpha value is -1.38. The molecule has 0 saturated heterocycles. The number of aromatic hydroxyl groups is 1. The number of halogens is 1. The first kappa shape index (κ1) is 7.72. The molecule has 0 unspecified atom stereocenters. The maximum atomic E-state index is 12.5. The van der Waals surface area contributed by atoms with E-state index in [0.29, 0.717) is 11.8 Å². The largest absolute Gasteiger partial charge is 0.505 e. The molecule has 0 fully saturated rings. The Balaban J connectivity index is 3.05. The van der Waals surface area contributed by atoms with E-state index in [-0.39, 0.29) is 6.42 Å². The van der Waals surface area contributed by atoms with Gasteiger partial charge in [-0.15, -0.1) is 0 Å². The molecule has 0 radical (unpaired) electrons. The van der Waals surface area contributed by atoms with Gasteiger partial charge in [0, 0.05) is 12.0 Å². The number of aldehydes is 1. The first-order chi connectivity index (χ1) is 5.25. The minimum atomic E-state index is -0.690. The lowest BCUT2D eigenvalue weighted by molar-refractivity contribution is -0.107. The third-order valence-electron chi connectivity index (χ3n) is 1.37. The van der Waals surface area contributed by atoms with Crippen LogP contribution in [0.25, 0.3) is 0 Å². The Morgan fingerprint density at radius 3 is 2.91 bits per heavy atom. The fourth-order valence-corrected chi connectivity index (χ4v) is 0.814. The summed E-state index contributed by atoms with van der Waals surface area (Å²) in [5.41, 5.74) is 0.319. The molecule has 1 aromatic carbocycles. The van der Waals surface area contributed by atoms with Gasteiger partial charge in [0.15, 0.2) is 11.6 Å². The van der Waals surface area contributed by atoms with Gasteiger partial charge in [-0.2, -0.15) is 0 Å². The van der Waals surface area contributed by atoms with Crippen LogP contribution in [-0.2, 0) is 11.2 Å². The topological polar surface area (TPSA) is 37.3 Å². The second-order valence-corrected chi connectivity index (χ2v) is 2.12. The maximum Gasteiger partial charge on any atom is 0.165 e. The molecule has 11 heavy (non-hydrogen) atoms. The van der Waals surface area contributed by atoms with E-state index in [9.17, 15) is 9.18 Å². The highest BCUT2D eigenvalue weighted by molar-refractivity contribution is 5.57. The van der Waals surface area contributed by atoms with Gasteiger partial charge in [0.1, 0.15) is 6.29 Å². The number of carbonyl (C=O) groups is 1. The highest BCUT2D eigenvalue weighted by Crippen LogP contribution is 2.20. The molecule has 0 aliphatic carbocycles. The van der Waals surface area contributed by atoms with Crippen molar-refractivity contribution in [2.75, 3.05) is 0 Å². The van der Waals surface area contributed by atoms with E-state index in [1.54, 1.807) is 0 Å². The molecule has 0 aromatic heterocycles. The van der Waals surface area contributed by atoms with Crippen molar-refractivity contribution in [3.8, 4) is 5.75 Å². The molecule has 0 spiro atoms. The normalized spacial score (nSPS) is 9.55. The maximum absolute atomic E-state index is 12.5. The van der Waals surface area contributed by atoms with Crippen LogP contribution in [0.1, 0.15) is 5.56 Å². The molecule has 0 atom stereocenters. The third kappa shape index (κ3) is 1.55. The van der Waals surface area contributed by atoms with Gasteiger partial charge in [-0.1, -0.05) is 12.1 Å². The van der Waals surface area contributed by atoms with E-state index in [1.165, 1.54) is 12.1 Å². The quantitative estimate of drug-likeness (QED) is 0.651. The van der Waals surface area contributed by atoms with Gasteiger partial charge in [0.05, 0.1) is 0 Å². The molecule has 0 aliphatic rings. The molecule has 1 rings (SSSR count). The Morgan fingerprint density at radius 2 is 2.27 bits per heavy atom. The number of hydrogen-bond donors (Lipinski definition) is 1. The fourth-order valence-electron chi connectivity index (χ4n) is 0.814. The van der Waals surface area contributed by atoms with Crippen molar-refractivity contribution in [2.45, 2.75) is 6.42 Å². The van der Waals surface area contributed by atoms with E-state index in [2.05, 4.69) is 0 Å². The van der Waals surface area contributed by atoms with Gasteiger partial charge in [-0.05, 0) is 6.07 Å². The summed E-state index contributed by atoms with van der Waals surface area (Å²) in [4.78, 5) is 10.0. The van der Waals surface area contributed by atoms with E-state index < -0.39 is 11.6 Å². The summed E-state index contributed by atoms with van der Waals surface area (Å²) in [5, 5.41) is 8.99. The Labute approximate surface area is 63.3 Å². The standard InChI is InChI=1S/C8H7FO2/c9-7-3-1-2-6(4-5-10)8(7)11/h1-3,5,11H,4H2. The van der Waals surface area contributed by atoms with Crippen LogP contribution >= 0.6 is 0 Å². The van der Waals surface area contributed by atoms with Crippen LogP contribution in [-0.4, -0.2) is 11.4 Å². The molecule has 58 valence electrons. The second-order valence-electron chi connectivity index (χ2n) is 2.12. The first-order valence-corrected chi connectivity index (χ1v) is 3.15. The molecular weight excluding hydrogens is 147 g/mol. The van der Waals surface area contributed by atoms with Crippen LogP contribution in [0.5, 0.6) is 5.75 Å². The Morgan fingerprint density at radius 1 is 1.55 bits per heavy atom. The summed E-state index contributed by atoms with van der Waals surface area (Å²) in [6.45, 7) is 0. The number of para-hydroxylation sites is 1. The van der Waals surface area contributed by atoms with Crippen molar-refractivity contribution in [2.24, 2.45) is 0 Å². The predicted molar refractivity (Wildman–Crippen MR) is 37.8 cm³/mol. The minimum absolute atomic E-state index is 0.0452. The number of carbonyl (C=O) groups excluding carboxylic acids is 1. The number of rotatable bonds is 2. The average molecular weight is 154 g/mol. The van der Waals surface area contributed by atoms with Crippen molar-refractivity contribution in [1.82, 2.24) is 0 Å². The lowest BCUT2D eigenvalue weighted by Gasteiger charge is -1.99. The molecule has 3 heteroatoms. The summed E-state index contributed by atoms with van der Waals surface area (Å²) in [7, 11) is 0. The zero-order valence-corrected chi connectivity index (χ0v) is 5.75. The van der Waals surface area contributed by atoms with Crippen molar-refractivity contribution in [1.29, 1.82) is 0 Å². The van der Waals surface area contributed by atoms with Crippen LogP contribution in [0, 0.1) is 5.82 Å². The summed E-state index contributed by atoms with van der Waals surface area (Å²) in [6, 6.07) is 4.10. The lowest BCUT2D eigenvalue weighted by atomic mass is 10.1. The first-order valence-electron chi connectivity index (χ1n) is 3.15. The summed E-state index contributed by atoms with van der Waals surface area (Å²) >= 11 is 0. The minimum Gasteiger partial charge on any atom is -0.505 e. The number of phenols is 1. The van der Waals surface area contributed by atoms with Crippen molar-refractivity contribution >= 4 is 6.29 Å². The second kappa shape index (κ2) is 3.14. The Bertz CT molecular complexity index is 271. The van der Waals surface area contributed by atoms with Crippen LogP contribution < -0.4 is 0 Å². The van der Waals surface area contributed by atoms with Crippen LogP contribution in [0.2, 0.25) is 0 Å². The van der Waals surface area contributed by atoms with Crippen LogP contribution in [0.15, 0.2) is 18.2 Å². The summed E-state index contributed by atoms with van der Waals surface area (Å²) in [6.07, 6.45) is 0.665. The third-order valence-corrected chi connectivity index (χ3v) is 1.37. The summed E-state index contributed by atoms with van der Waals surface area (Å²) in [5.74, 6) is -1.12. The van der Waals surface area contributed by atoms with E-state index in [0.717, 1.165) is 6.07 Å². The molecule has 0 bridgehead atoms. The van der Waals surface area contributed by atoms with Gasteiger partial charge in [0.25, 0.3) is 0 Å². The fraction of sp³-hybridized carbons (Fsp3) is 0.125. The lowest BCUT2D eigenvalue weighted by Crippen LogP contribution is -1.88. The molecule has 2 nitrogen and oxygen atoms in total. The van der Waals surface area contributed by atoms with Crippen LogP contribution in [0.3, 0.4) is 0 Å². The van der Waals surface area contributed by atoms with Gasteiger partial charge in [0.2, 0.25) is 0 Å². The predicted octanol–water partition coefficient (Wildman–Crippen LogP) is 1.27. The van der Waals surface area contributed by atoms with Crippen molar-refractivity contribution in [3.05, 3.63) is 29.6 Å². The van der Waals surface area contributed by atoms with Gasteiger partial charge < -0.3 is 9.90 Å². The number of benzene rings is 1. The Kier molecular flexibility index (Phi) is 2.21. The van der Waals surface area contributed by atoms with Gasteiger partial charge in [-0.3, -0.25) is 0 Å². The van der Waals surface area contributed by atoms with E-state index in [4.69, 9.17) is 5.11 Å². The molecule has 1 N–H and O–H groups in total. The van der Waals surface area contributed by atoms with Crippen molar-refractivity contribution in [3.63, 3.8) is 0 Å². The smallest absolute Gasteiger partial charge is 0.165 e. The van der Waals surface area contributed by atoms with E-state index >= 15 is 0 Å². The molecule has 1 aromatic rings.